The normalized spacial score (nSPS) is 9.93. The molecule has 15 heavy (non-hydrogen) atoms. The molecule has 0 aliphatic carbocycles. The van der Waals surface area contributed by atoms with Crippen molar-refractivity contribution in [1.29, 1.82) is 0 Å². The smallest absolute Gasteiger partial charge is 0.265 e. The first-order valence-electron chi connectivity index (χ1n) is 4.22. The Hall–Kier alpha value is -1.20. The Bertz CT molecular complexity index is 469. The number of nitrogens with zero attached hydrogens (tertiary/aromatic N) is 1. The van der Waals surface area contributed by atoms with Crippen LogP contribution >= 0.6 is 27.3 Å². The van der Waals surface area contributed by atoms with Gasteiger partial charge in [0.25, 0.3) is 5.91 Å². The quantitative estimate of drug-likeness (QED) is 0.919. The van der Waals surface area contributed by atoms with Crippen molar-refractivity contribution in [2.75, 3.05) is 5.32 Å². The van der Waals surface area contributed by atoms with Gasteiger partial charge in [0.2, 0.25) is 0 Å². The summed E-state index contributed by atoms with van der Waals surface area (Å²) in [6.45, 7) is 0. The van der Waals surface area contributed by atoms with E-state index in [9.17, 15) is 4.79 Å². The second-order valence-electron chi connectivity index (χ2n) is 2.79. The van der Waals surface area contributed by atoms with Crippen molar-refractivity contribution in [2.24, 2.45) is 0 Å². The van der Waals surface area contributed by atoms with Crippen LogP contribution in [0.3, 0.4) is 0 Å². The Morgan fingerprint density at radius 2 is 2.00 bits per heavy atom. The zero-order chi connectivity index (χ0) is 10.7. The molecule has 0 atom stereocenters. The van der Waals surface area contributed by atoms with Crippen molar-refractivity contribution in [2.45, 2.75) is 0 Å². The average Bonchev–Trinajstić information content (AvgIpc) is 2.66. The Morgan fingerprint density at radius 1 is 1.27 bits per heavy atom. The second-order valence-corrected chi connectivity index (χ2v) is 5.26. The van der Waals surface area contributed by atoms with Crippen molar-refractivity contribution >= 4 is 38.9 Å². The molecule has 0 unspecified atom stereocenters. The summed E-state index contributed by atoms with van der Waals surface area (Å²) >= 11 is 4.72. The maximum absolute atomic E-state index is 11.7. The fraction of sp³-hybridized carbons (Fsp3) is 0. The number of hydrogen-bond donors (Lipinski definition) is 1. The van der Waals surface area contributed by atoms with Crippen LogP contribution in [0.5, 0.6) is 0 Å². The number of carbonyl (C=O) groups excluding carboxylic acids is 1. The van der Waals surface area contributed by atoms with E-state index in [0.717, 1.165) is 9.47 Å². The zero-order valence-corrected chi connectivity index (χ0v) is 10.0. The summed E-state index contributed by atoms with van der Waals surface area (Å²) in [7, 11) is 0. The van der Waals surface area contributed by atoms with Crippen LogP contribution in [0.25, 0.3) is 0 Å². The number of anilines is 1. The van der Waals surface area contributed by atoms with Gasteiger partial charge in [-0.2, -0.15) is 0 Å². The SMILES string of the molecule is O=C(Nc1ccncc1)c1ccc(Br)s1. The van der Waals surface area contributed by atoms with Crippen LogP contribution in [0.4, 0.5) is 5.69 Å². The van der Waals surface area contributed by atoms with E-state index in [1.54, 1.807) is 30.6 Å². The van der Waals surface area contributed by atoms with E-state index in [-0.39, 0.29) is 5.91 Å². The van der Waals surface area contributed by atoms with E-state index in [2.05, 4.69) is 26.2 Å². The van der Waals surface area contributed by atoms with Gasteiger partial charge in [0, 0.05) is 18.1 Å². The molecule has 0 aromatic carbocycles. The van der Waals surface area contributed by atoms with Gasteiger partial charge in [0.15, 0.2) is 0 Å². The number of carbonyl (C=O) groups is 1. The third kappa shape index (κ3) is 2.64. The second kappa shape index (κ2) is 4.55. The summed E-state index contributed by atoms with van der Waals surface area (Å²) in [5, 5.41) is 2.78. The average molecular weight is 283 g/mol. The number of halogens is 1. The van der Waals surface area contributed by atoms with Crippen molar-refractivity contribution < 1.29 is 4.79 Å². The molecule has 0 saturated carbocycles. The van der Waals surface area contributed by atoms with Crippen LogP contribution in [-0.4, -0.2) is 10.9 Å². The fourth-order valence-electron chi connectivity index (χ4n) is 1.06. The minimum absolute atomic E-state index is 0.100. The largest absolute Gasteiger partial charge is 0.321 e. The Balaban J connectivity index is 2.11. The van der Waals surface area contributed by atoms with E-state index < -0.39 is 0 Å². The third-order valence-electron chi connectivity index (χ3n) is 1.74. The highest BCUT2D eigenvalue weighted by Crippen LogP contribution is 2.22. The lowest BCUT2D eigenvalue weighted by Crippen LogP contribution is -2.09. The van der Waals surface area contributed by atoms with Gasteiger partial charge in [-0.05, 0) is 40.2 Å². The van der Waals surface area contributed by atoms with Gasteiger partial charge >= 0.3 is 0 Å². The van der Waals surface area contributed by atoms with Crippen molar-refractivity contribution in [3.8, 4) is 0 Å². The van der Waals surface area contributed by atoms with Crippen LogP contribution in [0.1, 0.15) is 9.67 Å². The highest BCUT2D eigenvalue weighted by Gasteiger charge is 2.07. The van der Waals surface area contributed by atoms with Crippen LogP contribution < -0.4 is 5.32 Å². The maximum atomic E-state index is 11.7. The van der Waals surface area contributed by atoms with Gasteiger partial charge in [-0.3, -0.25) is 9.78 Å². The number of thiophene rings is 1. The molecular formula is C10H7BrN2OS. The minimum atomic E-state index is -0.100. The van der Waals surface area contributed by atoms with E-state index >= 15 is 0 Å². The molecule has 0 aliphatic heterocycles. The van der Waals surface area contributed by atoms with Crippen LogP contribution in [0.2, 0.25) is 0 Å². The molecular weight excluding hydrogens is 276 g/mol. The molecule has 0 fully saturated rings. The standard InChI is InChI=1S/C10H7BrN2OS/c11-9-2-1-8(15-9)10(14)13-7-3-5-12-6-4-7/h1-6H,(H,12,13,14). The van der Waals surface area contributed by atoms with Crippen LogP contribution in [0, 0.1) is 0 Å². The number of amides is 1. The van der Waals surface area contributed by atoms with E-state index in [4.69, 9.17) is 0 Å². The summed E-state index contributed by atoms with van der Waals surface area (Å²) in [4.78, 5) is 16.2. The molecule has 2 aromatic rings. The zero-order valence-electron chi connectivity index (χ0n) is 7.61. The number of pyridine rings is 1. The van der Waals surface area contributed by atoms with Crippen molar-refractivity contribution in [3.63, 3.8) is 0 Å². The van der Waals surface area contributed by atoms with Gasteiger partial charge < -0.3 is 5.32 Å². The molecule has 76 valence electrons. The van der Waals surface area contributed by atoms with Gasteiger partial charge in [-0.15, -0.1) is 11.3 Å². The molecule has 0 bridgehead atoms. The highest BCUT2D eigenvalue weighted by atomic mass is 79.9. The van der Waals surface area contributed by atoms with Crippen LogP contribution in [0.15, 0.2) is 40.4 Å². The van der Waals surface area contributed by atoms with Crippen molar-refractivity contribution in [3.05, 3.63) is 45.3 Å². The van der Waals surface area contributed by atoms with Crippen molar-refractivity contribution in [1.82, 2.24) is 4.98 Å². The molecule has 0 aliphatic rings. The van der Waals surface area contributed by atoms with Gasteiger partial charge in [0.05, 0.1) is 8.66 Å². The summed E-state index contributed by atoms with van der Waals surface area (Å²) < 4.78 is 0.947. The predicted octanol–water partition coefficient (Wildman–Crippen LogP) is 3.16. The molecule has 2 aromatic heterocycles. The number of aromatic nitrogens is 1. The van der Waals surface area contributed by atoms with Gasteiger partial charge in [-0.1, -0.05) is 0 Å². The van der Waals surface area contributed by atoms with Crippen LogP contribution in [-0.2, 0) is 0 Å². The van der Waals surface area contributed by atoms with E-state index in [1.807, 2.05) is 6.07 Å². The molecule has 2 heterocycles. The molecule has 1 N–H and O–H groups in total. The molecule has 0 radical (unpaired) electrons. The summed E-state index contributed by atoms with van der Waals surface area (Å²) in [6, 6.07) is 7.14. The highest BCUT2D eigenvalue weighted by molar-refractivity contribution is 9.11. The number of rotatable bonds is 2. The van der Waals surface area contributed by atoms with E-state index in [1.165, 1.54) is 11.3 Å². The Morgan fingerprint density at radius 3 is 2.60 bits per heavy atom. The monoisotopic (exact) mass is 282 g/mol. The first-order chi connectivity index (χ1) is 7.25. The maximum Gasteiger partial charge on any atom is 0.265 e. The number of nitrogens with one attached hydrogen (secondary N) is 1. The first-order valence-corrected chi connectivity index (χ1v) is 5.83. The summed E-state index contributed by atoms with van der Waals surface area (Å²) in [5.74, 6) is -0.100. The van der Waals surface area contributed by atoms with Gasteiger partial charge in [-0.25, -0.2) is 0 Å². The lowest BCUT2D eigenvalue weighted by molar-refractivity contribution is 0.103. The van der Waals surface area contributed by atoms with E-state index in [0.29, 0.717) is 4.88 Å². The first kappa shape index (κ1) is 10.3. The molecule has 3 nitrogen and oxygen atoms in total. The third-order valence-corrected chi connectivity index (χ3v) is 3.36. The topological polar surface area (TPSA) is 42.0 Å². The fourth-order valence-corrected chi connectivity index (χ4v) is 2.35. The molecule has 5 heteroatoms. The Labute approximate surface area is 99.3 Å². The number of hydrogen-bond acceptors (Lipinski definition) is 3. The van der Waals surface area contributed by atoms with Gasteiger partial charge in [0.1, 0.15) is 0 Å². The lowest BCUT2D eigenvalue weighted by Gasteiger charge is -2.01. The lowest BCUT2D eigenvalue weighted by atomic mass is 10.4. The molecule has 0 saturated heterocycles. The Kier molecular flexibility index (Phi) is 3.13. The molecule has 1 amide bonds. The summed E-state index contributed by atoms with van der Waals surface area (Å²) in [5.41, 5.74) is 0.750. The minimum Gasteiger partial charge on any atom is -0.321 e. The summed E-state index contributed by atoms with van der Waals surface area (Å²) in [6.07, 6.45) is 3.28. The molecule has 2 rings (SSSR count). The molecule has 0 spiro atoms. The predicted molar refractivity (Wildman–Crippen MR) is 64.2 cm³/mol.